The van der Waals surface area contributed by atoms with E-state index in [0.717, 1.165) is 6.40 Å². The molecule has 0 rings (SSSR count). The van der Waals surface area contributed by atoms with E-state index in [1.165, 1.54) is 0 Å². The van der Waals surface area contributed by atoms with Gasteiger partial charge in [-0.05, 0) is 6.92 Å². The van der Waals surface area contributed by atoms with Crippen molar-refractivity contribution in [2.24, 2.45) is 5.73 Å². The number of hydrogen-bond acceptors (Lipinski definition) is 3. The zero-order chi connectivity index (χ0) is 6.41. The molecule has 0 aliphatic heterocycles. The van der Waals surface area contributed by atoms with Crippen LogP contribution in [-0.4, -0.2) is 13.0 Å². The van der Waals surface area contributed by atoms with Gasteiger partial charge in [-0.15, -0.1) is 0 Å². The van der Waals surface area contributed by atoms with E-state index < -0.39 is 0 Å². The first-order valence-electron chi connectivity index (χ1n) is 2.32. The quantitative estimate of drug-likeness (QED) is 0.414. The molecule has 0 aromatic carbocycles. The Morgan fingerprint density at radius 1 is 1.88 bits per heavy atom. The second-order valence-electron chi connectivity index (χ2n) is 1.29. The van der Waals surface area contributed by atoms with E-state index in [-0.39, 0.29) is 0 Å². The summed E-state index contributed by atoms with van der Waals surface area (Å²) in [5.74, 6) is 0. The number of rotatable bonds is 3. The fourth-order valence-electron chi connectivity index (χ4n) is 0.221. The average molecular weight is 114 g/mol. The van der Waals surface area contributed by atoms with Gasteiger partial charge < -0.3 is 10.5 Å². The number of ether oxygens (including phenoxy) is 1. The van der Waals surface area contributed by atoms with Crippen LogP contribution in [0, 0.1) is 5.41 Å². The van der Waals surface area contributed by atoms with Crippen molar-refractivity contribution in [3.05, 3.63) is 11.8 Å². The first-order chi connectivity index (χ1) is 3.81. The Labute approximate surface area is 48.6 Å². The molecule has 3 N–H and O–H groups in total. The van der Waals surface area contributed by atoms with Crippen molar-refractivity contribution < 1.29 is 4.74 Å². The molecule has 0 aromatic rings. The third kappa shape index (κ3) is 3.21. The van der Waals surface area contributed by atoms with Gasteiger partial charge in [-0.3, -0.25) is 5.41 Å². The van der Waals surface area contributed by atoms with Gasteiger partial charge in [-0.2, -0.15) is 0 Å². The molecule has 0 radical (unpaired) electrons. The predicted molar refractivity (Wildman–Crippen MR) is 32.7 cm³/mol. The summed E-state index contributed by atoms with van der Waals surface area (Å²) in [4.78, 5) is 0. The van der Waals surface area contributed by atoms with Gasteiger partial charge in [0.05, 0.1) is 0 Å². The summed E-state index contributed by atoms with van der Waals surface area (Å²) in [6.07, 6.45) is 2.61. The summed E-state index contributed by atoms with van der Waals surface area (Å²) in [6.45, 7) is 2.14. The minimum atomic E-state index is 0.319. The average Bonchev–Trinajstić information content (AvgIpc) is 1.83. The van der Waals surface area contributed by atoms with E-state index in [0.29, 0.717) is 12.3 Å². The molecule has 0 atom stereocenters. The van der Waals surface area contributed by atoms with E-state index in [2.05, 4.69) is 4.74 Å². The Balaban J connectivity index is 3.24. The van der Waals surface area contributed by atoms with Crippen LogP contribution in [0.2, 0.25) is 0 Å². The molecule has 0 saturated carbocycles. The molecule has 0 unspecified atom stereocenters. The van der Waals surface area contributed by atoms with Crippen molar-refractivity contribution >= 4 is 6.40 Å². The maximum Gasteiger partial charge on any atom is 0.167 e. The highest BCUT2D eigenvalue weighted by Crippen LogP contribution is 1.80. The Bertz CT molecular complexity index is 98.6. The largest absolute Gasteiger partial charge is 0.478 e. The van der Waals surface area contributed by atoms with Crippen LogP contribution in [0.1, 0.15) is 6.92 Å². The van der Waals surface area contributed by atoms with Crippen molar-refractivity contribution in [3.63, 3.8) is 0 Å². The second-order valence-corrected chi connectivity index (χ2v) is 1.29. The molecule has 3 nitrogen and oxygen atoms in total. The van der Waals surface area contributed by atoms with Crippen LogP contribution in [-0.2, 0) is 4.74 Å². The van der Waals surface area contributed by atoms with Crippen molar-refractivity contribution in [1.29, 1.82) is 5.41 Å². The van der Waals surface area contributed by atoms with Gasteiger partial charge in [0.15, 0.2) is 6.40 Å². The standard InChI is InChI=1S/C5H10N2O/c1-2-5(7)3-8-4-6/h2,4,6H,3,7H2,1H3/b5-2-,6-4?. The minimum Gasteiger partial charge on any atom is -0.478 e. The van der Waals surface area contributed by atoms with Crippen LogP contribution in [0.5, 0.6) is 0 Å². The van der Waals surface area contributed by atoms with Crippen LogP contribution >= 0.6 is 0 Å². The summed E-state index contributed by atoms with van der Waals surface area (Å²) in [6, 6.07) is 0. The molecule has 0 aromatic heterocycles. The summed E-state index contributed by atoms with van der Waals surface area (Å²) < 4.78 is 4.53. The summed E-state index contributed by atoms with van der Waals surface area (Å²) in [7, 11) is 0. The Kier molecular flexibility index (Phi) is 3.66. The summed E-state index contributed by atoms with van der Waals surface area (Å²) in [5, 5.41) is 6.44. The third-order valence-electron chi connectivity index (χ3n) is 0.704. The molecule has 0 fully saturated rings. The zero-order valence-corrected chi connectivity index (χ0v) is 4.85. The van der Waals surface area contributed by atoms with E-state index in [1.807, 2.05) is 6.92 Å². The molecule has 0 heterocycles. The highest BCUT2D eigenvalue weighted by molar-refractivity contribution is 5.41. The SMILES string of the molecule is C/C=C(\N)COC=N. The lowest BCUT2D eigenvalue weighted by Gasteiger charge is -1.96. The van der Waals surface area contributed by atoms with Gasteiger partial charge in [-0.1, -0.05) is 6.08 Å². The Morgan fingerprint density at radius 3 is 2.88 bits per heavy atom. The molecule has 3 heteroatoms. The van der Waals surface area contributed by atoms with E-state index in [1.54, 1.807) is 6.08 Å². The fourth-order valence-corrected chi connectivity index (χ4v) is 0.221. The predicted octanol–water partition coefficient (Wildman–Crippen LogP) is 0.473. The molecular weight excluding hydrogens is 104 g/mol. The van der Waals surface area contributed by atoms with Crippen LogP contribution in [0.15, 0.2) is 11.8 Å². The number of nitrogens with one attached hydrogen (secondary N) is 1. The van der Waals surface area contributed by atoms with Crippen LogP contribution in [0.25, 0.3) is 0 Å². The smallest absolute Gasteiger partial charge is 0.167 e. The lowest BCUT2D eigenvalue weighted by atomic mass is 10.5. The van der Waals surface area contributed by atoms with Crippen LogP contribution in [0.4, 0.5) is 0 Å². The maximum absolute atomic E-state index is 6.44. The fraction of sp³-hybridized carbons (Fsp3) is 0.400. The number of hydrogen-bond donors (Lipinski definition) is 2. The van der Waals surface area contributed by atoms with Gasteiger partial charge >= 0.3 is 0 Å². The van der Waals surface area contributed by atoms with Crippen molar-refractivity contribution in [2.45, 2.75) is 6.92 Å². The van der Waals surface area contributed by atoms with Gasteiger partial charge in [0.2, 0.25) is 0 Å². The van der Waals surface area contributed by atoms with E-state index in [9.17, 15) is 0 Å². The number of allylic oxidation sites excluding steroid dienone is 1. The lowest BCUT2D eigenvalue weighted by Crippen LogP contribution is -2.04. The third-order valence-corrected chi connectivity index (χ3v) is 0.704. The van der Waals surface area contributed by atoms with Crippen LogP contribution in [0.3, 0.4) is 0 Å². The highest BCUT2D eigenvalue weighted by Gasteiger charge is 1.82. The number of nitrogens with two attached hydrogens (primary N) is 1. The van der Waals surface area contributed by atoms with Gasteiger partial charge in [0, 0.05) is 5.70 Å². The highest BCUT2D eigenvalue weighted by atomic mass is 16.5. The Hall–Kier alpha value is -0.990. The molecule has 8 heavy (non-hydrogen) atoms. The minimum absolute atomic E-state index is 0.319. The van der Waals surface area contributed by atoms with Gasteiger partial charge in [0.1, 0.15) is 6.61 Å². The molecule has 0 bridgehead atoms. The van der Waals surface area contributed by atoms with Crippen molar-refractivity contribution in [1.82, 2.24) is 0 Å². The van der Waals surface area contributed by atoms with Gasteiger partial charge in [0.25, 0.3) is 0 Å². The topological polar surface area (TPSA) is 59.1 Å². The lowest BCUT2D eigenvalue weighted by molar-refractivity contribution is 0.351. The first kappa shape index (κ1) is 7.01. The molecule has 0 aliphatic carbocycles. The van der Waals surface area contributed by atoms with Crippen LogP contribution < -0.4 is 5.73 Å². The maximum atomic E-state index is 6.44. The first-order valence-corrected chi connectivity index (χ1v) is 2.32. The normalized spacial score (nSPS) is 10.9. The zero-order valence-electron chi connectivity index (χ0n) is 4.85. The van der Waals surface area contributed by atoms with E-state index in [4.69, 9.17) is 11.1 Å². The molecule has 46 valence electrons. The second kappa shape index (κ2) is 4.18. The Morgan fingerprint density at radius 2 is 2.50 bits per heavy atom. The van der Waals surface area contributed by atoms with Gasteiger partial charge in [-0.25, -0.2) is 0 Å². The van der Waals surface area contributed by atoms with Crippen molar-refractivity contribution in [2.75, 3.05) is 6.61 Å². The van der Waals surface area contributed by atoms with Crippen molar-refractivity contribution in [3.8, 4) is 0 Å². The molecule has 0 amide bonds. The molecular formula is C5H10N2O. The summed E-state index contributed by atoms with van der Waals surface area (Å²) >= 11 is 0. The monoisotopic (exact) mass is 114 g/mol. The van der Waals surface area contributed by atoms with E-state index >= 15 is 0 Å². The molecule has 0 spiro atoms. The molecule has 0 aliphatic rings. The summed E-state index contributed by atoms with van der Waals surface area (Å²) in [5.41, 5.74) is 5.94. The molecule has 0 saturated heterocycles.